The van der Waals surface area contributed by atoms with Crippen LogP contribution in [0.15, 0.2) is 78.9 Å². The molecule has 4 nitrogen and oxygen atoms in total. The minimum atomic E-state index is -0.553. The summed E-state index contributed by atoms with van der Waals surface area (Å²) in [6.45, 7) is 4.34. The lowest BCUT2D eigenvalue weighted by atomic mass is 9.83. The molecule has 2 aromatic rings. The van der Waals surface area contributed by atoms with Gasteiger partial charge < -0.3 is 5.32 Å². The molecule has 0 fully saturated rings. The number of hydrogen-bond donors (Lipinski definition) is 3. The Morgan fingerprint density at radius 2 is 1.69 bits per heavy atom. The van der Waals surface area contributed by atoms with Crippen LogP contribution in [0.5, 0.6) is 0 Å². The molecule has 0 aromatic heterocycles. The van der Waals surface area contributed by atoms with E-state index in [4.69, 9.17) is 5.21 Å². The maximum atomic E-state index is 12.2. The molecule has 0 bridgehead atoms. The molecule has 134 valence electrons. The monoisotopic (exact) mass is 348 g/mol. The number of carbonyl (C=O) groups is 1. The third kappa shape index (κ3) is 3.70. The van der Waals surface area contributed by atoms with Crippen molar-refractivity contribution in [1.82, 2.24) is 5.48 Å². The van der Waals surface area contributed by atoms with Crippen molar-refractivity contribution in [1.29, 1.82) is 0 Å². The molecule has 0 saturated heterocycles. The molecule has 0 heterocycles. The van der Waals surface area contributed by atoms with Gasteiger partial charge in [0.25, 0.3) is 5.91 Å². The van der Waals surface area contributed by atoms with Crippen LogP contribution in [-0.4, -0.2) is 16.7 Å². The van der Waals surface area contributed by atoms with Crippen molar-refractivity contribution in [3.63, 3.8) is 0 Å². The molecule has 0 saturated carbocycles. The van der Waals surface area contributed by atoms with Crippen molar-refractivity contribution in [2.45, 2.75) is 25.3 Å². The normalized spacial score (nSPS) is 22.7. The van der Waals surface area contributed by atoms with Crippen molar-refractivity contribution in [3.05, 3.63) is 90.0 Å². The Hall–Kier alpha value is -2.85. The zero-order valence-electron chi connectivity index (χ0n) is 15.0. The zero-order chi connectivity index (χ0) is 18.6. The molecule has 0 radical (unpaired) electrons. The van der Waals surface area contributed by atoms with Crippen LogP contribution in [0.3, 0.4) is 0 Å². The summed E-state index contributed by atoms with van der Waals surface area (Å²) in [7, 11) is 0. The molecule has 3 rings (SSSR count). The maximum Gasteiger partial charge on any atom is 0.255 e. The predicted molar refractivity (Wildman–Crippen MR) is 104 cm³/mol. The van der Waals surface area contributed by atoms with Crippen LogP contribution < -0.4 is 10.8 Å². The first-order chi connectivity index (χ1) is 12.5. The van der Waals surface area contributed by atoms with Gasteiger partial charge in [0.2, 0.25) is 0 Å². The quantitative estimate of drug-likeness (QED) is 0.559. The van der Waals surface area contributed by atoms with Crippen molar-refractivity contribution < 1.29 is 10.0 Å². The Labute approximate surface area is 154 Å². The molecular weight excluding hydrogens is 324 g/mol. The maximum absolute atomic E-state index is 12.2. The topological polar surface area (TPSA) is 61.4 Å². The average molecular weight is 348 g/mol. The second-order valence-corrected chi connectivity index (χ2v) is 6.88. The number of nitrogens with one attached hydrogen (secondary N) is 2. The summed E-state index contributed by atoms with van der Waals surface area (Å²) < 4.78 is 0. The first kappa shape index (κ1) is 18.0. The molecular formula is C22H24N2O2. The van der Waals surface area contributed by atoms with Gasteiger partial charge in [-0.25, -0.2) is 5.48 Å². The van der Waals surface area contributed by atoms with Gasteiger partial charge in [0.15, 0.2) is 0 Å². The summed E-state index contributed by atoms with van der Waals surface area (Å²) >= 11 is 0. The summed E-state index contributed by atoms with van der Waals surface area (Å²) in [5, 5.41) is 12.7. The van der Waals surface area contributed by atoms with Crippen LogP contribution in [0.2, 0.25) is 0 Å². The van der Waals surface area contributed by atoms with Crippen LogP contribution in [0.1, 0.15) is 30.9 Å². The summed E-state index contributed by atoms with van der Waals surface area (Å²) in [5.74, 6) is -0.635. The molecule has 3 N–H and O–H groups in total. The third-order valence-electron chi connectivity index (χ3n) is 5.06. The number of hydrogen-bond acceptors (Lipinski definition) is 3. The molecule has 1 aliphatic rings. The van der Waals surface area contributed by atoms with Gasteiger partial charge in [-0.05, 0) is 30.2 Å². The van der Waals surface area contributed by atoms with Crippen LogP contribution in [0.4, 0.5) is 5.69 Å². The van der Waals surface area contributed by atoms with Crippen molar-refractivity contribution >= 4 is 11.6 Å². The van der Waals surface area contributed by atoms with E-state index in [0.29, 0.717) is 5.92 Å². The van der Waals surface area contributed by atoms with E-state index < -0.39 is 11.8 Å². The fourth-order valence-electron chi connectivity index (χ4n) is 3.27. The molecule has 1 aliphatic carbocycles. The lowest BCUT2D eigenvalue weighted by Crippen LogP contribution is -2.39. The van der Waals surface area contributed by atoms with Gasteiger partial charge in [-0.1, -0.05) is 73.7 Å². The zero-order valence-corrected chi connectivity index (χ0v) is 15.0. The van der Waals surface area contributed by atoms with E-state index >= 15 is 0 Å². The van der Waals surface area contributed by atoms with Gasteiger partial charge >= 0.3 is 0 Å². The second kappa shape index (κ2) is 7.58. The second-order valence-electron chi connectivity index (χ2n) is 6.88. The van der Waals surface area contributed by atoms with E-state index in [0.717, 1.165) is 16.8 Å². The Morgan fingerprint density at radius 1 is 1.04 bits per heavy atom. The molecule has 4 heteroatoms. The summed E-state index contributed by atoms with van der Waals surface area (Å²) in [6, 6.07) is 17.2. The predicted octanol–water partition coefficient (Wildman–Crippen LogP) is 4.26. The van der Waals surface area contributed by atoms with Gasteiger partial charge in [0.05, 0.1) is 11.5 Å². The van der Waals surface area contributed by atoms with Crippen molar-refractivity contribution in [2.24, 2.45) is 5.92 Å². The lowest BCUT2D eigenvalue weighted by Gasteiger charge is -2.35. The standard InChI is InChI=1S/C22H24N2O2/c1-16-8-6-7-15-22(16,2)23-19-13-11-18(12-14-19)20(21(25)24-26)17-9-4-3-5-10-17/h3-16,20,23,26H,1-2H3,(H,24,25). The molecule has 3 atom stereocenters. The van der Waals surface area contributed by atoms with E-state index in [1.54, 1.807) is 5.48 Å². The molecule has 3 unspecified atom stereocenters. The van der Waals surface area contributed by atoms with E-state index in [-0.39, 0.29) is 5.54 Å². The highest BCUT2D eigenvalue weighted by molar-refractivity contribution is 5.86. The highest BCUT2D eigenvalue weighted by Crippen LogP contribution is 2.30. The van der Waals surface area contributed by atoms with Crippen LogP contribution in [0, 0.1) is 5.92 Å². The van der Waals surface area contributed by atoms with Gasteiger partial charge in [0.1, 0.15) is 0 Å². The fourth-order valence-corrected chi connectivity index (χ4v) is 3.27. The van der Waals surface area contributed by atoms with Gasteiger partial charge in [-0.2, -0.15) is 0 Å². The Morgan fingerprint density at radius 3 is 2.31 bits per heavy atom. The molecule has 0 aliphatic heterocycles. The summed E-state index contributed by atoms with van der Waals surface area (Å²) in [4.78, 5) is 12.2. The molecule has 26 heavy (non-hydrogen) atoms. The smallest absolute Gasteiger partial charge is 0.255 e. The average Bonchev–Trinajstić information content (AvgIpc) is 2.66. The first-order valence-electron chi connectivity index (χ1n) is 8.76. The number of carbonyl (C=O) groups excluding carboxylic acids is 1. The molecule has 2 aromatic carbocycles. The summed E-state index contributed by atoms with van der Waals surface area (Å²) in [5.41, 5.74) is 4.27. The van der Waals surface area contributed by atoms with Crippen LogP contribution in [-0.2, 0) is 4.79 Å². The number of rotatable bonds is 5. The third-order valence-corrected chi connectivity index (χ3v) is 5.06. The van der Waals surface area contributed by atoms with E-state index in [1.165, 1.54) is 0 Å². The number of amides is 1. The largest absolute Gasteiger partial charge is 0.376 e. The first-order valence-corrected chi connectivity index (χ1v) is 8.76. The van der Waals surface area contributed by atoms with E-state index in [1.807, 2.05) is 54.6 Å². The Kier molecular flexibility index (Phi) is 5.24. The van der Waals surface area contributed by atoms with Crippen molar-refractivity contribution in [2.75, 3.05) is 5.32 Å². The lowest BCUT2D eigenvalue weighted by molar-refractivity contribution is -0.129. The molecule has 0 spiro atoms. The van der Waals surface area contributed by atoms with E-state index in [9.17, 15) is 4.79 Å². The van der Waals surface area contributed by atoms with Crippen LogP contribution >= 0.6 is 0 Å². The van der Waals surface area contributed by atoms with Gasteiger partial charge in [-0.15, -0.1) is 0 Å². The van der Waals surface area contributed by atoms with E-state index in [2.05, 4.69) is 43.5 Å². The van der Waals surface area contributed by atoms with Gasteiger partial charge in [0, 0.05) is 11.6 Å². The highest BCUT2D eigenvalue weighted by atomic mass is 16.5. The number of benzene rings is 2. The molecule has 1 amide bonds. The number of hydroxylamine groups is 1. The van der Waals surface area contributed by atoms with Crippen molar-refractivity contribution in [3.8, 4) is 0 Å². The highest BCUT2D eigenvalue weighted by Gasteiger charge is 2.28. The minimum Gasteiger partial charge on any atom is -0.376 e. The Bertz CT molecular complexity index is 812. The SMILES string of the molecule is CC1C=CC=CC1(C)Nc1ccc(C(C(=O)NO)c2ccccc2)cc1. The minimum absolute atomic E-state index is 0.155. The number of anilines is 1. The fraction of sp³-hybridized carbons (Fsp3) is 0.227. The number of allylic oxidation sites excluding steroid dienone is 2. The van der Waals surface area contributed by atoms with Gasteiger partial charge in [-0.3, -0.25) is 10.0 Å². The summed E-state index contributed by atoms with van der Waals surface area (Å²) in [6.07, 6.45) is 8.46. The van der Waals surface area contributed by atoms with Crippen LogP contribution in [0.25, 0.3) is 0 Å². The Balaban J connectivity index is 1.84.